The predicted octanol–water partition coefficient (Wildman–Crippen LogP) is 2.73. The van der Waals surface area contributed by atoms with Crippen LogP contribution in [0.2, 0.25) is 0 Å². The van der Waals surface area contributed by atoms with Crippen LogP contribution in [0.5, 0.6) is 0 Å². The number of nitrogens with one attached hydrogen (secondary N) is 3. The lowest BCUT2D eigenvalue weighted by Crippen LogP contribution is -2.48. The van der Waals surface area contributed by atoms with E-state index in [-0.39, 0.29) is 24.2 Å². The monoisotopic (exact) mass is 488 g/mol. The van der Waals surface area contributed by atoms with Crippen LogP contribution in [0.3, 0.4) is 0 Å². The summed E-state index contributed by atoms with van der Waals surface area (Å²) in [5.74, 6) is 2.61. The minimum atomic E-state index is -0.357. The molecule has 0 saturated carbocycles. The Labute approximate surface area is 208 Å². The first-order valence-electron chi connectivity index (χ1n) is 12.2. The van der Waals surface area contributed by atoms with Gasteiger partial charge in [0.05, 0.1) is 38.1 Å². The van der Waals surface area contributed by atoms with Crippen LogP contribution in [-0.2, 0) is 14.3 Å². The number of H-pyrrole nitrogens is 1. The molecular formula is C25H28N8O3. The van der Waals surface area contributed by atoms with E-state index in [1.165, 1.54) is 6.21 Å². The van der Waals surface area contributed by atoms with Crippen LogP contribution in [-0.4, -0.2) is 76.8 Å². The minimum Gasteiger partial charge on any atom is -0.377 e. The van der Waals surface area contributed by atoms with Gasteiger partial charge in [-0.1, -0.05) is 0 Å². The number of anilines is 4. The number of carbonyl (C=O) groups excluding carboxylic acids is 1. The van der Waals surface area contributed by atoms with Crippen molar-refractivity contribution in [1.82, 2.24) is 20.2 Å². The molecule has 3 aliphatic heterocycles. The fourth-order valence-electron chi connectivity index (χ4n) is 5.09. The quantitative estimate of drug-likeness (QED) is 0.451. The normalized spacial score (nSPS) is 23.7. The number of carbonyl (C=O) groups is 1. The van der Waals surface area contributed by atoms with Crippen molar-refractivity contribution in [2.24, 2.45) is 0 Å². The number of aromatic nitrogens is 4. The van der Waals surface area contributed by atoms with Gasteiger partial charge in [0.25, 0.3) is 5.91 Å². The number of nitrogens with zero attached hydrogens (tertiary/aromatic N) is 5. The first-order chi connectivity index (χ1) is 17.6. The second-order valence-corrected chi connectivity index (χ2v) is 9.33. The van der Waals surface area contributed by atoms with Gasteiger partial charge in [0, 0.05) is 36.1 Å². The molecule has 11 heteroatoms. The molecule has 3 aliphatic rings. The van der Waals surface area contributed by atoms with Gasteiger partial charge >= 0.3 is 0 Å². The summed E-state index contributed by atoms with van der Waals surface area (Å²) < 4.78 is 11.4. The molecule has 186 valence electrons. The molecule has 6 rings (SSSR count). The molecule has 3 saturated heterocycles. The van der Waals surface area contributed by atoms with Gasteiger partial charge in [-0.15, -0.1) is 0 Å². The molecule has 3 aromatic rings. The Morgan fingerprint density at radius 1 is 1.25 bits per heavy atom. The smallest absolute Gasteiger partial charge is 0.257 e. The SMILES string of the molecule is C[C@@H]1COCCN1c1cc(-c2ccc(N3CC4CCC(O4)C3=O)nc2)c(C=N)c(Nc2ccn[nH]2)n1. The highest BCUT2D eigenvalue weighted by molar-refractivity contribution is 5.98. The largest absolute Gasteiger partial charge is 0.377 e. The molecule has 2 unspecified atom stereocenters. The number of ether oxygens (including phenoxy) is 2. The molecule has 3 atom stereocenters. The zero-order valence-electron chi connectivity index (χ0n) is 20.0. The first kappa shape index (κ1) is 22.6. The van der Waals surface area contributed by atoms with Gasteiger partial charge in [0.1, 0.15) is 29.4 Å². The third-order valence-corrected chi connectivity index (χ3v) is 6.98. The van der Waals surface area contributed by atoms with Crippen molar-refractivity contribution in [3.63, 3.8) is 0 Å². The summed E-state index contributed by atoms with van der Waals surface area (Å²) in [5.41, 5.74) is 2.28. The van der Waals surface area contributed by atoms with Gasteiger partial charge < -0.3 is 25.1 Å². The highest BCUT2D eigenvalue weighted by atomic mass is 16.5. The van der Waals surface area contributed by atoms with Gasteiger partial charge in [-0.05, 0) is 43.5 Å². The van der Waals surface area contributed by atoms with E-state index >= 15 is 0 Å². The minimum absolute atomic E-state index is 0.0253. The number of fused-ring (bicyclic) bond motifs is 2. The maximum atomic E-state index is 12.8. The Balaban J connectivity index is 1.38. The third-order valence-electron chi connectivity index (χ3n) is 6.98. The number of rotatable bonds is 6. The Morgan fingerprint density at radius 3 is 2.92 bits per heavy atom. The zero-order chi connectivity index (χ0) is 24.6. The van der Waals surface area contributed by atoms with Crippen molar-refractivity contribution in [2.75, 3.05) is 41.4 Å². The molecule has 3 aromatic heterocycles. The van der Waals surface area contributed by atoms with E-state index in [0.29, 0.717) is 42.8 Å². The van der Waals surface area contributed by atoms with E-state index in [4.69, 9.17) is 19.9 Å². The molecule has 3 N–H and O–H groups in total. The van der Waals surface area contributed by atoms with Crippen LogP contribution in [0.4, 0.5) is 23.3 Å². The van der Waals surface area contributed by atoms with E-state index < -0.39 is 0 Å². The molecule has 0 aliphatic carbocycles. The number of aromatic amines is 1. The van der Waals surface area contributed by atoms with Crippen LogP contribution in [0.15, 0.2) is 36.7 Å². The first-order valence-corrected chi connectivity index (χ1v) is 12.2. The fourth-order valence-corrected chi connectivity index (χ4v) is 5.09. The summed E-state index contributed by atoms with van der Waals surface area (Å²) in [5, 5.41) is 18.4. The van der Waals surface area contributed by atoms with Crippen molar-refractivity contribution in [3.8, 4) is 11.1 Å². The highest BCUT2D eigenvalue weighted by Crippen LogP contribution is 2.35. The molecule has 11 nitrogen and oxygen atoms in total. The van der Waals surface area contributed by atoms with Crippen LogP contribution in [0.1, 0.15) is 25.3 Å². The second kappa shape index (κ2) is 9.32. The Morgan fingerprint density at radius 2 is 2.17 bits per heavy atom. The second-order valence-electron chi connectivity index (χ2n) is 9.33. The van der Waals surface area contributed by atoms with E-state index in [0.717, 1.165) is 36.3 Å². The molecule has 6 heterocycles. The van der Waals surface area contributed by atoms with E-state index in [9.17, 15) is 4.79 Å². The van der Waals surface area contributed by atoms with Gasteiger partial charge in [0.15, 0.2) is 0 Å². The molecule has 0 spiro atoms. The summed E-state index contributed by atoms with van der Waals surface area (Å²) in [4.78, 5) is 26.2. The summed E-state index contributed by atoms with van der Waals surface area (Å²) in [7, 11) is 0. The van der Waals surface area contributed by atoms with Crippen LogP contribution < -0.4 is 15.1 Å². The molecule has 2 bridgehead atoms. The van der Waals surface area contributed by atoms with E-state index in [1.54, 1.807) is 17.3 Å². The van der Waals surface area contributed by atoms with Crippen molar-refractivity contribution >= 4 is 35.4 Å². The molecule has 1 amide bonds. The standard InChI is InChI=1S/C25H28N8O3/c1-15-14-35-9-8-32(15)23-10-18(19(11-26)24(30-23)29-21-6-7-28-31-21)16-2-5-22(27-12-16)33-13-17-3-4-20(36-17)25(33)34/h2,5-7,10-12,15,17,20,26H,3-4,8-9,13-14H2,1H3,(H2,28,29,30,31)/t15-,17?,20?/m1/s1. The Kier molecular flexibility index (Phi) is 5.86. The summed E-state index contributed by atoms with van der Waals surface area (Å²) in [6.07, 6.45) is 6.10. The third kappa shape index (κ3) is 4.10. The predicted molar refractivity (Wildman–Crippen MR) is 135 cm³/mol. The molecule has 0 radical (unpaired) electrons. The number of hydrogen-bond acceptors (Lipinski definition) is 9. The Hall–Kier alpha value is -3.83. The number of amides is 1. The molecule has 3 fully saturated rings. The fraction of sp³-hybridized carbons (Fsp3) is 0.400. The van der Waals surface area contributed by atoms with Crippen LogP contribution >= 0.6 is 0 Å². The maximum absolute atomic E-state index is 12.8. The van der Waals surface area contributed by atoms with E-state index in [2.05, 4.69) is 32.3 Å². The van der Waals surface area contributed by atoms with Gasteiger partial charge in [-0.3, -0.25) is 14.8 Å². The van der Waals surface area contributed by atoms with Crippen LogP contribution in [0.25, 0.3) is 11.1 Å². The van der Waals surface area contributed by atoms with Crippen molar-refractivity contribution < 1.29 is 14.3 Å². The number of hydrogen-bond donors (Lipinski definition) is 3. The van der Waals surface area contributed by atoms with Crippen molar-refractivity contribution in [3.05, 3.63) is 42.2 Å². The van der Waals surface area contributed by atoms with Crippen LogP contribution in [0, 0.1) is 5.41 Å². The lowest BCUT2D eigenvalue weighted by Gasteiger charge is -2.35. The molecule has 0 aromatic carbocycles. The number of pyridine rings is 2. The van der Waals surface area contributed by atoms with E-state index in [1.807, 2.05) is 24.3 Å². The Bertz CT molecular complexity index is 1260. The average molecular weight is 489 g/mol. The lowest BCUT2D eigenvalue weighted by atomic mass is 10.0. The number of morpholine rings is 2. The van der Waals surface area contributed by atoms with Gasteiger partial charge in [-0.25, -0.2) is 9.97 Å². The van der Waals surface area contributed by atoms with Gasteiger partial charge in [0.2, 0.25) is 0 Å². The molecular weight excluding hydrogens is 460 g/mol. The lowest BCUT2D eigenvalue weighted by molar-refractivity contribution is -0.133. The highest BCUT2D eigenvalue weighted by Gasteiger charge is 2.41. The topological polar surface area (TPSA) is 132 Å². The summed E-state index contributed by atoms with van der Waals surface area (Å²) in [6, 6.07) is 7.78. The van der Waals surface area contributed by atoms with Crippen molar-refractivity contribution in [2.45, 2.75) is 38.0 Å². The van der Waals surface area contributed by atoms with Crippen molar-refractivity contribution in [1.29, 1.82) is 5.41 Å². The summed E-state index contributed by atoms with van der Waals surface area (Å²) in [6.45, 7) is 4.61. The maximum Gasteiger partial charge on any atom is 0.257 e. The molecule has 36 heavy (non-hydrogen) atoms. The summed E-state index contributed by atoms with van der Waals surface area (Å²) >= 11 is 0. The average Bonchev–Trinajstić information content (AvgIpc) is 3.56. The van der Waals surface area contributed by atoms with Gasteiger partial charge in [-0.2, -0.15) is 5.10 Å². The zero-order valence-corrected chi connectivity index (χ0v) is 20.0.